The summed E-state index contributed by atoms with van der Waals surface area (Å²) in [7, 11) is 0. The molecule has 0 radical (unpaired) electrons. The molecule has 1 N–H and O–H groups in total. The van der Waals surface area contributed by atoms with E-state index in [2.05, 4.69) is 10.2 Å². The third-order valence-corrected chi connectivity index (χ3v) is 2.80. The number of carbonyl (C=O) groups is 3. The van der Waals surface area contributed by atoms with Crippen molar-refractivity contribution in [3.8, 4) is 0 Å². The molecule has 0 aromatic heterocycles. The van der Waals surface area contributed by atoms with Gasteiger partial charge in [-0.1, -0.05) is 0 Å². The van der Waals surface area contributed by atoms with Crippen LogP contribution in [0.5, 0.6) is 0 Å². The zero-order valence-corrected chi connectivity index (χ0v) is 11.0. The maximum absolute atomic E-state index is 12.1. The van der Waals surface area contributed by atoms with Gasteiger partial charge in [-0.2, -0.15) is 0 Å². The summed E-state index contributed by atoms with van der Waals surface area (Å²) in [6, 6.07) is 4.32. The molecule has 1 heterocycles. The Balaban J connectivity index is 2.17. The molecule has 0 aliphatic carbocycles. The summed E-state index contributed by atoms with van der Waals surface area (Å²) in [5.74, 6) is -1.42. The van der Waals surface area contributed by atoms with Gasteiger partial charge < -0.3 is 10.2 Å². The third kappa shape index (κ3) is 2.96. The van der Waals surface area contributed by atoms with E-state index in [9.17, 15) is 24.5 Å². The fraction of sp³-hybridized carbons (Fsp3) is 0.250. The van der Waals surface area contributed by atoms with Gasteiger partial charge in [0.1, 0.15) is 6.61 Å². The van der Waals surface area contributed by atoms with Crippen molar-refractivity contribution in [2.75, 3.05) is 18.5 Å². The molecule has 9 heteroatoms. The fourth-order valence-electron chi connectivity index (χ4n) is 1.98. The van der Waals surface area contributed by atoms with Crippen LogP contribution in [-0.2, 0) is 9.63 Å². The maximum Gasteiger partial charge on any atom is 0.294 e. The minimum atomic E-state index is -0.993. The van der Waals surface area contributed by atoms with E-state index in [1.807, 2.05) is 0 Å². The summed E-state index contributed by atoms with van der Waals surface area (Å²) in [5, 5.41) is 11.6. The van der Waals surface area contributed by atoms with E-state index in [0.717, 1.165) is 4.90 Å². The first-order chi connectivity index (χ1) is 9.90. The predicted molar refractivity (Wildman–Crippen MR) is 69.1 cm³/mol. The van der Waals surface area contributed by atoms with Crippen molar-refractivity contribution in [3.63, 3.8) is 0 Å². The van der Waals surface area contributed by atoms with E-state index in [0.29, 0.717) is 5.69 Å². The number of imide groups is 1. The van der Waals surface area contributed by atoms with Crippen LogP contribution in [0.4, 0.5) is 5.69 Å². The summed E-state index contributed by atoms with van der Waals surface area (Å²) in [5.41, 5.74) is 0.730. The minimum absolute atomic E-state index is 0.146. The van der Waals surface area contributed by atoms with Crippen LogP contribution in [0.2, 0.25) is 0 Å². The second-order valence-electron chi connectivity index (χ2n) is 4.26. The Morgan fingerprint density at radius 3 is 2.62 bits per heavy atom. The van der Waals surface area contributed by atoms with Crippen LogP contribution in [0.3, 0.4) is 0 Å². The topological polar surface area (TPSA) is 119 Å². The number of anilines is 1. The number of rotatable bonds is 5. The van der Waals surface area contributed by atoms with E-state index < -0.39 is 23.5 Å². The number of hydrogen-bond acceptors (Lipinski definition) is 6. The molecule has 0 unspecified atom stereocenters. The van der Waals surface area contributed by atoms with Gasteiger partial charge in [-0.25, -0.2) is 0 Å². The molecule has 9 nitrogen and oxygen atoms in total. The second-order valence-corrected chi connectivity index (χ2v) is 4.26. The summed E-state index contributed by atoms with van der Waals surface area (Å²) < 4.78 is 0. The number of hydrogen-bond donors (Lipinski definition) is 1. The molecule has 0 fully saturated rings. The molecular weight excluding hydrogens is 282 g/mol. The van der Waals surface area contributed by atoms with Gasteiger partial charge in [0.25, 0.3) is 16.9 Å². The number of nitrogens with zero attached hydrogens (tertiary/aromatic N) is 2. The molecule has 0 saturated carbocycles. The lowest BCUT2D eigenvalue weighted by Gasteiger charge is -2.12. The minimum Gasteiger partial charge on any atom is -0.326 e. The first-order valence-electron chi connectivity index (χ1n) is 5.95. The van der Waals surface area contributed by atoms with Crippen molar-refractivity contribution in [1.29, 1.82) is 0 Å². The zero-order valence-electron chi connectivity index (χ0n) is 11.0. The van der Waals surface area contributed by atoms with E-state index >= 15 is 0 Å². The van der Waals surface area contributed by atoms with Gasteiger partial charge in [-0.15, -0.1) is 10.1 Å². The highest BCUT2D eigenvalue weighted by molar-refractivity contribution is 6.21. The average Bonchev–Trinajstić information content (AvgIpc) is 2.62. The Morgan fingerprint density at radius 1 is 1.33 bits per heavy atom. The predicted octanol–water partition coefficient (Wildman–Crippen LogP) is 0.449. The normalized spacial score (nSPS) is 13.1. The highest BCUT2D eigenvalue weighted by atomic mass is 16.9. The lowest BCUT2D eigenvalue weighted by molar-refractivity contribution is -0.757. The van der Waals surface area contributed by atoms with Crippen LogP contribution in [0.1, 0.15) is 27.6 Å². The zero-order chi connectivity index (χ0) is 15.6. The van der Waals surface area contributed by atoms with Crippen molar-refractivity contribution < 1.29 is 24.3 Å². The van der Waals surface area contributed by atoms with Gasteiger partial charge in [-0.05, 0) is 18.2 Å². The molecule has 1 aliphatic rings. The first-order valence-corrected chi connectivity index (χ1v) is 5.95. The molecule has 1 aromatic rings. The molecule has 110 valence electrons. The highest BCUT2D eigenvalue weighted by Gasteiger charge is 2.35. The number of nitrogens with one attached hydrogen (secondary N) is 1. The third-order valence-electron chi connectivity index (χ3n) is 2.80. The number of fused-ring (bicyclic) bond motifs is 1. The lowest BCUT2D eigenvalue weighted by atomic mass is 10.1. The van der Waals surface area contributed by atoms with Gasteiger partial charge in [0.2, 0.25) is 5.91 Å². The van der Waals surface area contributed by atoms with Gasteiger partial charge >= 0.3 is 0 Å². The van der Waals surface area contributed by atoms with Gasteiger partial charge in [0.15, 0.2) is 0 Å². The SMILES string of the molecule is CC(=O)Nc1ccc2c(c1)C(=O)N(CCO[N+](=O)[O-])C2=O. The second kappa shape index (κ2) is 5.57. The smallest absolute Gasteiger partial charge is 0.294 e. The Bertz CT molecular complexity index is 642. The summed E-state index contributed by atoms with van der Waals surface area (Å²) in [6.07, 6.45) is 0. The lowest BCUT2D eigenvalue weighted by Crippen LogP contribution is -2.33. The number of benzene rings is 1. The Morgan fingerprint density at radius 2 is 2.00 bits per heavy atom. The van der Waals surface area contributed by atoms with Crippen LogP contribution < -0.4 is 5.32 Å². The molecule has 3 amide bonds. The van der Waals surface area contributed by atoms with Gasteiger partial charge in [0, 0.05) is 12.6 Å². The number of amides is 3. The van der Waals surface area contributed by atoms with E-state index in [1.165, 1.54) is 25.1 Å². The molecular formula is C12H11N3O6. The molecule has 0 saturated heterocycles. The molecule has 0 atom stereocenters. The standard InChI is InChI=1S/C12H11N3O6/c1-7(16)13-8-2-3-9-10(6-8)12(18)14(11(9)17)4-5-21-15(19)20/h2-3,6H,4-5H2,1H3,(H,13,16). The Kier molecular flexibility index (Phi) is 3.83. The maximum atomic E-state index is 12.1. The van der Waals surface area contributed by atoms with Crippen molar-refractivity contribution in [2.45, 2.75) is 6.92 Å². The Hall–Kier alpha value is -2.97. The van der Waals surface area contributed by atoms with Gasteiger partial charge in [0.05, 0.1) is 17.7 Å². The highest BCUT2D eigenvalue weighted by Crippen LogP contribution is 2.25. The Labute approximate surface area is 118 Å². The molecule has 21 heavy (non-hydrogen) atoms. The molecule has 1 aromatic carbocycles. The fourth-order valence-corrected chi connectivity index (χ4v) is 1.98. The molecule has 0 bridgehead atoms. The molecule has 2 rings (SSSR count). The summed E-state index contributed by atoms with van der Waals surface area (Å²) >= 11 is 0. The van der Waals surface area contributed by atoms with Crippen LogP contribution in [0.15, 0.2) is 18.2 Å². The van der Waals surface area contributed by atoms with Crippen molar-refractivity contribution in [2.24, 2.45) is 0 Å². The summed E-state index contributed by atoms with van der Waals surface area (Å²) in [4.78, 5) is 50.1. The van der Waals surface area contributed by atoms with E-state index in [1.54, 1.807) is 0 Å². The van der Waals surface area contributed by atoms with Crippen LogP contribution in [-0.4, -0.2) is 40.9 Å². The monoisotopic (exact) mass is 293 g/mol. The average molecular weight is 293 g/mol. The van der Waals surface area contributed by atoms with Crippen molar-refractivity contribution in [1.82, 2.24) is 4.90 Å². The van der Waals surface area contributed by atoms with Crippen molar-refractivity contribution in [3.05, 3.63) is 39.4 Å². The van der Waals surface area contributed by atoms with Crippen molar-refractivity contribution >= 4 is 23.4 Å². The van der Waals surface area contributed by atoms with Crippen LogP contribution >= 0.6 is 0 Å². The molecule has 1 aliphatic heterocycles. The quantitative estimate of drug-likeness (QED) is 0.478. The largest absolute Gasteiger partial charge is 0.326 e. The summed E-state index contributed by atoms with van der Waals surface area (Å²) in [6.45, 7) is 0.710. The molecule has 0 spiro atoms. The van der Waals surface area contributed by atoms with E-state index in [-0.39, 0.29) is 23.6 Å². The first kappa shape index (κ1) is 14.4. The van der Waals surface area contributed by atoms with Gasteiger partial charge in [-0.3, -0.25) is 19.3 Å². The van der Waals surface area contributed by atoms with Crippen LogP contribution in [0, 0.1) is 10.1 Å². The van der Waals surface area contributed by atoms with E-state index in [4.69, 9.17) is 0 Å². The van der Waals surface area contributed by atoms with Crippen LogP contribution in [0.25, 0.3) is 0 Å². The number of carbonyl (C=O) groups excluding carboxylic acids is 3.